The van der Waals surface area contributed by atoms with E-state index in [9.17, 15) is 13.2 Å². The summed E-state index contributed by atoms with van der Waals surface area (Å²) in [6, 6.07) is 8.67. The van der Waals surface area contributed by atoms with E-state index in [1.165, 1.54) is 6.07 Å². The molecule has 1 aliphatic heterocycles. The molecule has 170 valence electrons. The molecule has 1 fully saturated rings. The molecular formula is C22H26N4O4S2. The lowest BCUT2D eigenvalue weighted by atomic mass is 10.1. The van der Waals surface area contributed by atoms with Gasteiger partial charge in [0.2, 0.25) is 11.7 Å². The van der Waals surface area contributed by atoms with Gasteiger partial charge in [0.05, 0.1) is 9.77 Å². The average Bonchev–Trinajstić information content (AvgIpc) is 3.45. The molecule has 0 saturated carbocycles. The molecule has 4 rings (SSSR count). The molecule has 0 radical (unpaired) electrons. The van der Waals surface area contributed by atoms with Crippen LogP contribution in [-0.4, -0.2) is 73.2 Å². The third kappa shape index (κ3) is 5.25. The fourth-order valence-electron chi connectivity index (χ4n) is 3.72. The quantitative estimate of drug-likeness (QED) is 0.519. The van der Waals surface area contributed by atoms with Gasteiger partial charge in [-0.2, -0.15) is 4.98 Å². The maximum atomic E-state index is 13.0. The van der Waals surface area contributed by atoms with E-state index in [4.69, 9.17) is 4.52 Å². The van der Waals surface area contributed by atoms with Crippen molar-refractivity contribution in [2.24, 2.45) is 0 Å². The molecule has 3 aromatic rings. The molecule has 0 spiro atoms. The Bertz CT molecular complexity index is 1180. The van der Waals surface area contributed by atoms with E-state index in [0.717, 1.165) is 49.2 Å². The number of rotatable bonds is 7. The highest BCUT2D eigenvalue weighted by molar-refractivity contribution is 7.90. The highest BCUT2D eigenvalue weighted by Crippen LogP contribution is 2.22. The van der Waals surface area contributed by atoms with Crippen LogP contribution in [0.15, 0.2) is 45.1 Å². The van der Waals surface area contributed by atoms with Crippen LogP contribution in [0.3, 0.4) is 0 Å². The SMILES string of the molecule is Cc1ccc(S(C)(=O)=O)cc1C(=O)N1CCN(CCCc2nc(-c3cccs3)no2)CC1. The van der Waals surface area contributed by atoms with Crippen molar-refractivity contribution in [3.63, 3.8) is 0 Å². The van der Waals surface area contributed by atoms with Crippen LogP contribution in [0.1, 0.15) is 28.2 Å². The van der Waals surface area contributed by atoms with Crippen molar-refractivity contribution in [2.45, 2.75) is 24.7 Å². The number of aromatic nitrogens is 2. The van der Waals surface area contributed by atoms with Gasteiger partial charge < -0.3 is 9.42 Å². The fraction of sp³-hybridized carbons (Fsp3) is 0.409. The summed E-state index contributed by atoms with van der Waals surface area (Å²) in [6.07, 6.45) is 2.77. The van der Waals surface area contributed by atoms with Crippen LogP contribution in [0.25, 0.3) is 10.7 Å². The van der Waals surface area contributed by atoms with Gasteiger partial charge in [0.1, 0.15) is 0 Å². The number of amides is 1. The summed E-state index contributed by atoms with van der Waals surface area (Å²) in [5.74, 6) is 1.17. The lowest BCUT2D eigenvalue weighted by Gasteiger charge is -2.35. The molecule has 1 amide bonds. The summed E-state index contributed by atoms with van der Waals surface area (Å²) < 4.78 is 29.1. The number of aryl methyl sites for hydroxylation is 2. The number of hydrogen-bond acceptors (Lipinski definition) is 8. The van der Waals surface area contributed by atoms with Crippen molar-refractivity contribution < 1.29 is 17.7 Å². The first kappa shape index (κ1) is 22.6. The second-order valence-electron chi connectivity index (χ2n) is 7.98. The maximum Gasteiger partial charge on any atom is 0.254 e. The number of hydrogen-bond donors (Lipinski definition) is 0. The number of thiophene rings is 1. The van der Waals surface area contributed by atoms with Gasteiger partial charge in [-0.3, -0.25) is 9.69 Å². The Kier molecular flexibility index (Phi) is 6.73. The fourth-order valence-corrected chi connectivity index (χ4v) is 5.02. The van der Waals surface area contributed by atoms with Crippen LogP contribution in [0.2, 0.25) is 0 Å². The monoisotopic (exact) mass is 474 g/mol. The number of carbonyl (C=O) groups is 1. The zero-order valence-electron chi connectivity index (χ0n) is 18.2. The average molecular weight is 475 g/mol. The van der Waals surface area contributed by atoms with Crippen molar-refractivity contribution in [3.8, 4) is 10.7 Å². The summed E-state index contributed by atoms with van der Waals surface area (Å²) in [6.45, 7) is 5.51. The molecule has 3 heterocycles. The molecule has 10 heteroatoms. The number of benzene rings is 1. The first-order chi connectivity index (χ1) is 15.3. The van der Waals surface area contributed by atoms with Crippen LogP contribution >= 0.6 is 11.3 Å². The molecule has 0 aliphatic carbocycles. The molecule has 0 N–H and O–H groups in total. The number of piperazine rings is 1. The van der Waals surface area contributed by atoms with Crippen molar-refractivity contribution in [1.82, 2.24) is 19.9 Å². The molecule has 2 aromatic heterocycles. The summed E-state index contributed by atoms with van der Waals surface area (Å²) >= 11 is 1.58. The Hall–Kier alpha value is -2.56. The first-order valence-corrected chi connectivity index (χ1v) is 13.3. The summed E-state index contributed by atoms with van der Waals surface area (Å²) in [5.41, 5.74) is 1.24. The predicted molar refractivity (Wildman–Crippen MR) is 123 cm³/mol. The van der Waals surface area contributed by atoms with E-state index >= 15 is 0 Å². The van der Waals surface area contributed by atoms with Crippen LogP contribution < -0.4 is 0 Å². The number of nitrogens with zero attached hydrogens (tertiary/aromatic N) is 4. The van der Waals surface area contributed by atoms with E-state index in [1.54, 1.807) is 28.4 Å². The van der Waals surface area contributed by atoms with E-state index < -0.39 is 9.84 Å². The summed E-state index contributed by atoms with van der Waals surface area (Å²) in [4.78, 5) is 22.7. The van der Waals surface area contributed by atoms with Gasteiger partial charge in [-0.1, -0.05) is 17.3 Å². The Labute approximate surface area is 191 Å². The number of sulfone groups is 1. The molecule has 0 bridgehead atoms. The largest absolute Gasteiger partial charge is 0.339 e. The van der Waals surface area contributed by atoms with Crippen molar-refractivity contribution in [3.05, 3.63) is 52.7 Å². The molecule has 0 atom stereocenters. The first-order valence-electron chi connectivity index (χ1n) is 10.5. The number of carbonyl (C=O) groups excluding carboxylic acids is 1. The molecule has 0 unspecified atom stereocenters. The Morgan fingerprint density at radius 2 is 1.97 bits per heavy atom. The predicted octanol–water partition coefficient (Wildman–Crippen LogP) is 2.90. The zero-order valence-corrected chi connectivity index (χ0v) is 19.8. The highest BCUT2D eigenvalue weighted by atomic mass is 32.2. The third-order valence-electron chi connectivity index (χ3n) is 5.60. The van der Waals surface area contributed by atoms with Crippen LogP contribution in [0.5, 0.6) is 0 Å². The van der Waals surface area contributed by atoms with Gasteiger partial charge in [0.15, 0.2) is 9.84 Å². The third-order valence-corrected chi connectivity index (χ3v) is 7.58. The summed E-state index contributed by atoms with van der Waals surface area (Å²) in [7, 11) is -3.36. The van der Waals surface area contributed by atoms with Gasteiger partial charge in [-0.15, -0.1) is 11.3 Å². The molecular weight excluding hydrogens is 448 g/mol. The van der Waals surface area contributed by atoms with Gasteiger partial charge in [-0.25, -0.2) is 8.42 Å². The summed E-state index contributed by atoms with van der Waals surface area (Å²) in [5, 5.41) is 6.03. The molecule has 32 heavy (non-hydrogen) atoms. The van der Waals surface area contributed by atoms with Crippen LogP contribution in [-0.2, 0) is 16.3 Å². The van der Waals surface area contributed by atoms with Gasteiger partial charge in [0, 0.05) is 44.4 Å². The molecule has 8 nitrogen and oxygen atoms in total. The van der Waals surface area contributed by atoms with Crippen LogP contribution in [0.4, 0.5) is 0 Å². The van der Waals surface area contributed by atoms with E-state index in [1.807, 2.05) is 24.4 Å². The van der Waals surface area contributed by atoms with Crippen LogP contribution in [0, 0.1) is 6.92 Å². The highest BCUT2D eigenvalue weighted by Gasteiger charge is 2.24. The minimum atomic E-state index is -3.36. The Morgan fingerprint density at radius 3 is 2.66 bits per heavy atom. The minimum Gasteiger partial charge on any atom is -0.339 e. The lowest BCUT2D eigenvalue weighted by molar-refractivity contribution is 0.0634. The van der Waals surface area contributed by atoms with E-state index in [0.29, 0.717) is 30.4 Å². The zero-order chi connectivity index (χ0) is 22.7. The minimum absolute atomic E-state index is 0.111. The topological polar surface area (TPSA) is 96.6 Å². The standard InChI is InChI=1S/C22H26N4O4S2/c1-16-7-8-17(32(2,28)29)15-18(16)22(27)26-12-10-25(11-13-26)9-3-6-20-23-21(24-30-20)19-5-4-14-31-19/h4-5,7-8,14-15H,3,6,9-13H2,1-2H3. The molecule has 1 aromatic carbocycles. The normalized spacial score (nSPS) is 15.2. The maximum absolute atomic E-state index is 13.0. The lowest BCUT2D eigenvalue weighted by Crippen LogP contribution is -2.49. The molecule has 1 saturated heterocycles. The van der Waals surface area contributed by atoms with Gasteiger partial charge in [-0.05, 0) is 49.0 Å². The Morgan fingerprint density at radius 1 is 1.19 bits per heavy atom. The van der Waals surface area contributed by atoms with Gasteiger partial charge >= 0.3 is 0 Å². The second kappa shape index (κ2) is 9.51. The van der Waals surface area contributed by atoms with E-state index in [-0.39, 0.29) is 10.8 Å². The van der Waals surface area contributed by atoms with Crippen molar-refractivity contribution in [2.75, 3.05) is 39.0 Å². The van der Waals surface area contributed by atoms with E-state index in [2.05, 4.69) is 15.0 Å². The van der Waals surface area contributed by atoms with Crippen molar-refractivity contribution >= 4 is 27.1 Å². The van der Waals surface area contributed by atoms with Crippen molar-refractivity contribution in [1.29, 1.82) is 0 Å². The smallest absolute Gasteiger partial charge is 0.254 e. The second-order valence-corrected chi connectivity index (χ2v) is 10.9. The molecule has 1 aliphatic rings. The Balaban J connectivity index is 1.27. The van der Waals surface area contributed by atoms with Gasteiger partial charge in [0.25, 0.3) is 5.91 Å².